The van der Waals surface area contributed by atoms with Crippen LogP contribution < -0.4 is 5.32 Å². The average molecular weight is 437 g/mol. The molecule has 3 rings (SSSR count). The largest absolute Gasteiger partial charge is 0.461 e. The van der Waals surface area contributed by atoms with Gasteiger partial charge in [-0.15, -0.1) is 0 Å². The highest BCUT2D eigenvalue weighted by Gasteiger charge is 2.28. The van der Waals surface area contributed by atoms with Crippen molar-refractivity contribution in [3.8, 4) is 0 Å². The molecule has 2 aromatic rings. The molecule has 1 N–H and O–H groups in total. The molecule has 166 valence electrons. The molecule has 2 heterocycles. The van der Waals surface area contributed by atoms with Crippen molar-refractivity contribution in [1.29, 1.82) is 0 Å². The topological polar surface area (TPSA) is 87.4 Å². The number of rotatable bonds is 8. The predicted octanol–water partition coefficient (Wildman–Crippen LogP) is 1.92. The van der Waals surface area contributed by atoms with Crippen molar-refractivity contribution in [2.75, 3.05) is 52.1 Å². The Kier molecular flexibility index (Phi) is 7.74. The smallest absolute Gasteiger partial charge is 0.216 e. The molecule has 0 unspecified atom stereocenters. The fourth-order valence-corrected chi connectivity index (χ4v) is 4.77. The summed E-state index contributed by atoms with van der Waals surface area (Å²) in [7, 11) is -1.55. The number of fused-ring (bicyclic) bond motifs is 1. The molecule has 1 aliphatic rings. The standard InChI is InChI=1S/C21H32N4O4S/c1-17(2)28-14-15-30(26,27)25-12-10-24(11-13-25)21(22-3)23-9-8-19-16-18-6-4-5-7-20(18)29-19/h4-7,16-17H,8-15H2,1-3H3,(H,22,23). The molecule has 0 spiro atoms. The van der Waals surface area contributed by atoms with Gasteiger partial charge in [-0.3, -0.25) is 4.99 Å². The zero-order chi connectivity index (χ0) is 21.6. The first-order valence-corrected chi connectivity index (χ1v) is 12.0. The van der Waals surface area contributed by atoms with Gasteiger partial charge < -0.3 is 19.4 Å². The predicted molar refractivity (Wildman–Crippen MR) is 119 cm³/mol. The zero-order valence-corrected chi connectivity index (χ0v) is 18.8. The average Bonchev–Trinajstić information content (AvgIpc) is 3.14. The lowest BCUT2D eigenvalue weighted by atomic mass is 10.2. The maximum Gasteiger partial charge on any atom is 0.216 e. The van der Waals surface area contributed by atoms with Crippen molar-refractivity contribution >= 4 is 27.0 Å². The minimum Gasteiger partial charge on any atom is -0.461 e. The normalized spacial score (nSPS) is 16.5. The summed E-state index contributed by atoms with van der Waals surface area (Å²) >= 11 is 0. The van der Waals surface area contributed by atoms with Gasteiger partial charge in [0, 0.05) is 51.6 Å². The summed E-state index contributed by atoms with van der Waals surface area (Å²) in [6.07, 6.45) is 0.781. The summed E-state index contributed by atoms with van der Waals surface area (Å²) in [6.45, 7) is 6.84. The fraction of sp³-hybridized carbons (Fsp3) is 0.571. The van der Waals surface area contributed by atoms with Crippen molar-refractivity contribution < 1.29 is 17.6 Å². The minimum atomic E-state index is -3.29. The van der Waals surface area contributed by atoms with E-state index in [1.165, 1.54) is 0 Å². The van der Waals surface area contributed by atoms with E-state index < -0.39 is 10.0 Å². The number of aliphatic imine (C=N–C) groups is 1. The Balaban J connectivity index is 1.45. The molecule has 1 aromatic carbocycles. The SMILES string of the molecule is CN=C(NCCc1cc2ccccc2o1)N1CCN(S(=O)(=O)CCOC(C)C)CC1. The molecule has 1 fully saturated rings. The molecular weight excluding hydrogens is 404 g/mol. The highest BCUT2D eigenvalue weighted by atomic mass is 32.2. The van der Waals surface area contributed by atoms with E-state index in [0.717, 1.165) is 29.1 Å². The quantitative estimate of drug-likeness (QED) is 0.503. The molecule has 0 radical (unpaired) electrons. The van der Waals surface area contributed by atoms with Gasteiger partial charge in [-0.05, 0) is 26.0 Å². The number of hydrogen-bond acceptors (Lipinski definition) is 5. The third-order valence-corrected chi connectivity index (χ3v) is 6.90. The zero-order valence-electron chi connectivity index (χ0n) is 18.0. The number of ether oxygens (including phenoxy) is 1. The van der Waals surface area contributed by atoms with E-state index in [2.05, 4.69) is 21.3 Å². The number of sulfonamides is 1. The monoisotopic (exact) mass is 436 g/mol. The van der Waals surface area contributed by atoms with Crippen LogP contribution >= 0.6 is 0 Å². The Labute approximate surface area is 178 Å². The van der Waals surface area contributed by atoms with E-state index in [1.807, 2.05) is 38.1 Å². The van der Waals surface area contributed by atoms with E-state index in [9.17, 15) is 8.42 Å². The van der Waals surface area contributed by atoms with Gasteiger partial charge in [0.15, 0.2) is 5.96 Å². The van der Waals surface area contributed by atoms with Gasteiger partial charge in [0.1, 0.15) is 11.3 Å². The maximum absolute atomic E-state index is 12.5. The number of guanidine groups is 1. The summed E-state index contributed by atoms with van der Waals surface area (Å²) < 4.78 is 37.8. The van der Waals surface area contributed by atoms with Gasteiger partial charge in [0.25, 0.3) is 0 Å². The fourth-order valence-electron chi connectivity index (χ4n) is 3.49. The number of hydrogen-bond donors (Lipinski definition) is 1. The van der Waals surface area contributed by atoms with Crippen LogP contribution in [0.15, 0.2) is 39.7 Å². The Morgan fingerprint density at radius 1 is 1.23 bits per heavy atom. The lowest BCUT2D eigenvalue weighted by Gasteiger charge is -2.35. The molecule has 1 aromatic heterocycles. The first-order chi connectivity index (χ1) is 14.4. The van der Waals surface area contributed by atoms with Crippen molar-refractivity contribution in [2.45, 2.75) is 26.4 Å². The molecule has 30 heavy (non-hydrogen) atoms. The summed E-state index contributed by atoms with van der Waals surface area (Å²) in [4.78, 5) is 6.45. The number of benzene rings is 1. The van der Waals surface area contributed by atoms with Crippen LogP contribution in [-0.2, 0) is 21.2 Å². The van der Waals surface area contributed by atoms with Crippen LogP contribution in [0.25, 0.3) is 11.0 Å². The molecule has 1 aliphatic heterocycles. The molecule has 0 saturated carbocycles. The van der Waals surface area contributed by atoms with E-state index in [1.54, 1.807) is 11.4 Å². The number of furan rings is 1. The van der Waals surface area contributed by atoms with Crippen LogP contribution in [-0.4, -0.2) is 81.8 Å². The van der Waals surface area contributed by atoms with Gasteiger partial charge in [0.2, 0.25) is 10.0 Å². The second kappa shape index (κ2) is 10.3. The lowest BCUT2D eigenvalue weighted by molar-refractivity contribution is 0.0904. The molecule has 0 atom stereocenters. The summed E-state index contributed by atoms with van der Waals surface area (Å²) in [5, 5.41) is 4.46. The second-order valence-electron chi connectivity index (χ2n) is 7.60. The van der Waals surface area contributed by atoms with Crippen LogP contribution in [0, 0.1) is 0 Å². The van der Waals surface area contributed by atoms with Gasteiger partial charge in [-0.25, -0.2) is 8.42 Å². The maximum atomic E-state index is 12.5. The number of nitrogens with zero attached hydrogens (tertiary/aromatic N) is 3. The summed E-state index contributed by atoms with van der Waals surface area (Å²) in [5.74, 6) is 1.74. The Bertz CT molecular complexity index is 914. The Hall–Kier alpha value is -2.10. The number of nitrogens with one attached hydrogen (secondary N) is 1. The molecular formula is C21H32N4O4S. The minimum absolute atomic E-state index is 0.0235. The molecule has 8 nitrogen and oxygen atoms in total. The third kappa shape index (κ3) is 5.96. The molecule has 1 saturated heterocycles. The van der Waals surface area contributed by atoms with Gasteiger partial charge in [-0.2, -0.15) is 4.31 Å². The van der Waals surface area contributed by atoms with Crippen LogP contribution in [0.1, 0.15) is 19.6 Å². The highest BCUT2D eigenvalue weighted by Crippen LogP contribution is 2.18. The van der Waals surface area contributed by atoms with Gasteiger partial charge >= 0.3 is 0 Å². The summed E-state index contributed by atoms with van der Waals surface area (Å²) in [6, 6.07) is 10.0. The number of piperazine rings is 1. The van der Waals surface area contributed by atoms with E-state index in [-0.39, 0.29) is 18.5 Å². The van der Waals surface area contributed by atoms with Crippen LogP contribution in [0.2, 0.25) is 0 Å². The van der Waals surface area contributed by atoms with E-state index >= 15 is 0 Å². The first-order valence-electron chi connectivity index (χ1n) is 10.4. The summed E-state index contributed by atoms with van der Waals surface area (Å²) in [5.41, 5.74) is 0.896. The van der Waals surface area contributed by atoms with Crippen molar-refractivity contribution in [3.05, 3.63) is 36.1 Å². The molecule has 9 heteroatoms. The van der Waals surface area contributed by atoms with Crippen LogP contribution in [0.3, 0.4) is 0 Å². The Morgan fingerprint density at radius 2 is 1.97 bits per heavy atom. The van der Waals surface area contributed by atoms with E-state index in [0.29, 0.717) is 32.7 Å². The first kappa shape index (κ1) is 22.6. The lowest BCUT2D eigenvalue weighted by Crippen LogP contribution is -2.54. The highest BCUT2D eigenvalue weighted by molar-refractivity contribution is 7.89. The number of para-hydroxylation sites is 1. The molecule has 0 amide bonds. The van der Waals surface area contributed by atoms with Gasteiger partial charge in [0.05, 0.1) is 18.5 Å². The van der Waals surface area contributed by atoms with Crippen molar-refractivity contribution in [3.63, 3.8) is 0 Å². The van der Waals surface area contributed by atoms with Crippen molar-refractivity contribution in [1.82, 2.24) is 14.5 Å². The molecule has 0 aliphatic carbocycles. The second-order valence-corrected chi connectivity index (χ2v) is 9.68. The van der Waals surface area contributed by atoms with Crippen molar-refractivity contribution in [2.24, 2.45) is 4.99 Å². The molecule has 0 bridgehead atoms. The van der Waals surface area contributed by atoms with E-state index in [4.69, 9.17) is 9.15 Å². The van der Waals surface area contributed by atoms with Gasteiger partial charge in [-0.1, -0.05) is 18.2 Å². The third-order valence-electron chi connectivity index (χ3n) is 5.07. The van der Waals surface area contributed by atoms with Crippen LogP contribution in [0.5, 0.6) is 0 Å². The van der Waals surface area contributed by atoms with Crippen LogP contribution in [0.4, 0.5) is 0 Å². The Morgan fingerprint density at radius 3 is 2.63 bits per heavy atom.